The Morgan fingerprint density at radius 2 is 2.33 bits per heavy atom. The molecule has 1 unspecified atom stereocenters. The molecule has 0 saturated heterocycles. The molecule has 0 aromatic heterocycles. The summed E-state index contributed by atoms with van der Waals surface area (Å²) in [4.78, 5) is 10.9. The van der Waals surface area contributed by atoms with Crippen LogP contribution in [-0.4, -0.2) is 25.7 Å². The fourth-order valence-electron chi connectivity index (χ4n) is 1.57. The van der Waals surface area contributed by atoms with Crippen LogP contribution in [0.2, 0.25) is 0 Å². The van der Waals surface area contributed by atoms with E-state index in [2.05, 4.69) is 12.2 Å². The maximum Gasteiger partial charge on any atom is 0.330 e. The summed E-state index contributed by atoms with van der Waals surface area (Å²) >= 11 is 0. The Bertz CT molecular complexity index is 222. The van der Waals surface area contributed by atoms with E-state index in [4.69, 9.17) is 4.74 Å². The summed E-state index contributed by atoms with van der Waals surface area (Å²) in [5.74, 6) is 1.45. The molecular formula is C12H21NO2. The minimum atomic E-state index is -0.255. The van der Waals surface area contributed by atoms with Crippen molar-refractivity contribution in [2.75, 3.05) is 19.7 Å². The van der Waals surface area contributed by atoms with Crippen LogP contribution in [0.4, 0.5) is 0 Å². The molecule has 0 radical (unpaired) electrons. The van der Waals surface area contributed by atoms with Crippen LogP contribution in [0.15, 0.2) is 12.2 Å². The van der Waals surface area contributed by atoms with Crippen LogP contribution >= 0.6 is 0 Å². The predicted molar refractivity (Wildman–Crippen MR) is 60.5 cm³/mol. The Hall–Kier alpha value is -0.830. The molecule has 0 spiro atoms. The van der Waals surface area contributed by atoms with Crippen LogP contribution in [0.5, 0.6) is 0 Å². The molecule has 3 nitrogen and oxygen atoms in total. The molecule has 1 fully saturated rings. The highest BCUT2D eigenvalue weighted by Crippen LogP contribution is 2.35. The van der Waals surface area contributed by atoms with Crippen molar-refractivity contribution in [1.29, 1.82) is 0 Å². The maximum absolute atomic E-state index is 10.9. The molecule has 0 aromatic carbocycles. The Morgan fingerprint density at radius 3 is 2.93 bits per heavy atom. The van der Waals surface area contributed by atoms with E-state index in [9.17, 15) is 4.79 Å². The van der Waals surface area contributed by atoms with Gasteiger partial charge in [-0.05, 0) is 38.1 Å². The van der Waals surface area contributed by atoms with Gasteiger partial charge in [0.05, 0.1) is 6.61 Å². The van der Waals surface area contributed by atoms with Gasteiger partial charge in [0.2, 0.25) is 0 Å². The summed E-state index contributed by atoms with van der Waals surface area (Å²) in [5, 5.41) is 3.31. The van der Waals surface area contributed by atoms with E-state index in [1.54, 1.807) is 6.92 Å². The first kappa shape index (κ1) is 12.2. The van der Waals surface area contributed by atoms with E-state index < -0.39 is 0 Å². The van der Waals surface area contributed by atoms with Crippen LogP contribution in [0.25, 0.3) is 0 Å². The number of carbonyl (C=O) groups excluding carboxylic acids is 1. The quantitative estimate of drug-likeness (QED) is 0.396. The molecule has 15 heavy (non-hydrogen) atoms. The Balaban J connectivity index is 1.97. The van der Waals surface area contributed by atoms with E-state index in [0.29, 0.717) is 6.61 Å². The zero-order chi connectivity index (χ0) is 11.1. The zero-order valence-corrected chi connectivity index (χ0v) is 9.66. The number of hydrogen-bond acceptors (Lipinski definition) is 3. The summed E-state index contributed by atoms with van der Waals surface area (Å²) in [6.07, 6.45) is 6.08. The lowest BCUT2D eigenvalue weighted by Crippen LogP contribution is -2.22. The summed E-state index contributed by atoms with van der Waals surface area (Å²) in [5.41, 5.74) is 0. The van der Waals surface area contributed by atoms with E-state index in [-0.39, 0.29) is 5.97 Å². The molecule has 1 aliphatic carbocycles. The van der Waals surface area contributed by atoms with E-state index in [1.807, 2.05) is 6.08 Å². The molecule has 1 aliphatic rings. The van der Waals surface area contributed by atoms with Gasteiger partial charge in [0.1, 0.15) is 0 Å². The Labute approximate surface area is 91.9 Å². The number of esters is 1. The molecule has 0 aromatic rings. The fourth-order valence-corrected chi connectivity index (χ4v) is 1.57. The molecule has 1 N–H and O–H groups in total. The second-order valence-corrected chi connectivity index (χ2v) is 4.13. The monoisotopic (exact) mass is 211 g/mol. The van der Waals surface area contributed by atoms with Crippen molar-refractivity contribution in [3.63, 3.8) is 0 Å². The van der Waals surface area contributed by atoms with E-state index in [0.717, 1.165) is 24.9 Å². The average molecular weight is 211 g/mol. The SMILES string of the molecule is CCOC(=O)/C=C/CNCC(C)C1CC1. The lowest BCUT2D eigenvalue weighted by atomic mass is 10.1. The van der Waals surface area contributed by atoms with Crippen LogP contribution in [0.1, 0.15) is 26.7 Å². The lowest BCUT2D eigenvalue weighted by Gasteiger charge is -2.09. The fraction of sp³-hybridized carbons (Fsp3) is 0.750. The van der Waals surface area contributed by atoms with Crippen molar-refractivity contribution in [3.05, 3.63) is 12.2 Å². The summed E-state index contributed by atoms with van der Waals surface area (Å²) in [7, 11) is 0. The molecule has 1 atom stereocenters. The smallest absolute Gasteiger partial charge is 0.330 e. The second kappa shape index (κ2) is 6.62. The Morgan fingerprint density at radius 1 is 1.60 bits per heavy atom. The molecule has 86 valence electrons. The zero-order valence-electron chi connectivity index (χ0n) is 9.66. The number of carbonyl (C=O) groups is 1. The largest absolute Gasteiger partial charge is 0.463 e. The first-order chi connectivity index (χ1) is 7.24. The normalized spacial score (nSPS) is 18.0. The molecule has 1 rings (SSSR count). The number of ether oxygens (including phenoxy) is 1. The highest BCUT2D eigenvalue weighted by molar-refractivity contribution is 5.81. The summed E-state index contributed by atoms with van der Waals surface area (Å²) in [6, 6.07) is 0. The van der Waals surface area contributed by atoms with Gasteiger partial charge < -0.3 is 10.1 Å². The molecule has 1 saturated carbocycles. The van der Waals surface area contributed by atoms with Gasteiger partial charge in [0.15, 0.2) is 0 Å². The van der Waals surface area contributed by atoms with Crippen molar-refractivity contribution in [2.45, 2.75) is 26.7 Å². The van der Waals surface area contributed by atoms with Crippen LogP contribution in [-0.2, 0) is 9.53 Å². The van der Waals surface area contributed by atoms with Crippen molar-refractivity contribution in [2.24, 2.45) is 11.8 Å². The van der Waals surface area contributed by atoms with Gasteiger partial charge in [-0.2, -0.15) is 0 Å². The van der Waals surface area contributed by atoms with Crippen molar-refractivity contribution in [3.8, 4) is 0 Å². The molecule has 0 aliphatic heterocycles. The van der Waals surface area contributed by atoms with Crippen molar-refractivity contribution >= 4 is 5.97 Å². The number of nitrogens with one attached hydrogen (secondary N) is 1. The summed E-state index contributed by atoms with van der Waals surface area (Å²) in [6.45, 7) is 6.31. The second-order valence-electron chi connectivity index (χ2n) is 4.13. The highest BCUT2D eigenvalue weighted by Gasteiger charge is 2.26. The molecule has 0 amide bonds. The average Bonchev–Trinajstić information content (AvgIpc) is 3.00. The first-order valence-electron chi connectivity index (χ1n) is 5.78. The van der Waals surface area contributed by atoms with Gasteiger partial charge in [-0.3, -0.25) is 0 Å². The molecule has 0 heterocycles. The third kappa shape index (κ3) is 5.57. The van der Waals surface area contributed by atoms with Gasteiger partial charge in [-0.1, -0.05) is 13.0 Å². The van der Waals surface area contributed by atoms with Gasteiger partial charge in [0.25, 0.3) is 0 Å². The molecule has 3 heteroatoms. The highest BCUT2D eigenvalue weighted by atomic mass is 16.5. The Kier molecular flexibility index (Phi) is 5.40. The lowest BCUT2D eigenvalue weighted by molar-refractivity contribution is -0.137. The third-order valence-corrected chi connectivity index (χ3v) is 2.70. The minimum Gasteiger partial charge on any atom is -0.463 e. The van der Waals surface area contributed by atoms with Crippen LogP contribution in [0.3, 0.4) is 0 Å². The first-order valence-corrected chi connectivity index (χ1v) is 5.78. The predicted octanol–water partition coefficient (Wildman–Crippen LogP) is 1.74. The molecular weight excluding hydrogens is 190 g/mol. The van der Waals surface area contributed by atoms with E-state index in [1.165, 1.54) is 18.9 Å². The van der Waals surface area contributed by atoms with Crippen molar-refractivity contribution in [1.82, 2.24) is 5.32 Å². The third-order valence-electron chi connectivity index (χ3n) is 2.70. The standard InChI is InChI=1S/C12H21NO2/c1-3-15-12(14)5-4-8-13-9-10(2)11-6-7-11/h4-5,10-11,13H,3,6-9H2,1-2H3/b5-4+. The minimum absolute atomic E-state index is 0.255. The van der Waals surface area contributed by atoms with Gasteiger partial charge in [-0.25, -0.2) is 4.79 Å². The van der Waals surface area contributed by atoms with Crippen LogP contribution in [0, 0.1) is 11.8 Å². The maximum atomic E-state index is 10.9. The summed E-state index contributed by atoms with van der Waals surface area (Å²) < 4.78 is 4.76. The van der Waals surface area contributed by atoms with Crippen molar-refractivity contribution < 1.29 is 9.53 Å². The van der Waals surface area contributed by atoms with E-state index >= 15 is 0 Å². The topological polar surface area (TPSA) is 38.3 Å². The van der Waals surface area contributed by atoms with Crippen LogP contribution < -0.4 is 5.32 Å². The van der Waals surface area contributed by atoms with Gasteiger partial charge in [0, 0.05) is 12.6 Å². The van der Waals surface area contributed by atoms with Gasteiger partial charge >= 0.3 is 5.97 Å². The molecule has 0 bridgehead atoms. The number of rotatable bonds is 7. The number of hydrogen-bond donors (Lipinski definition) is 1. The van der Waals surface area contributed by atoms with Gasteiger partial charge in [-0.15, -0.1) is 0 Å².